The molecule has 0 radical (unpaired) electrons. The lowest BCUT2D eigenvalue weighted by Gasteiger charge is -2.40. The van der Waals surface area contributed by atoms with Crippen LogP contribution < -0.4 is 10.6 Å². The number of rotatable bonds is 3. The van der Waals surface area contributed by atoms with Crippen LogP contribution in [0, 0.1) is 0 Å². The Morgan fingerprint density at radius 3 is 2.42 bits per heavy atom. The van der Waals surface area contributed by atoms with Crippen LogP contribution in [0.5, 0.6) is 0 Å². The minimum Gasteiger partial charge on any atom is -0.416 e. The molecule has 2 aliphatic rings. The first-order valence-electron chi connectivity index (χ1n) is 9.90. The molecule has 1 aromatic carbocycles. The zero-order valence-electron chi connectivity index (χ0n) is 17.2. The van der Waals surface area contributed by atoms with Crippen LogP contribution in [-0.2, 0) is 9.53 Å². The number of hydrogen-bond donors (Lipinski definition) is 2. The lowest BCUT2D eigenvalue weighted by atomic mass is 10.1. The smallest absolute Gasteiger partial charge is 0.415 e. The van der Waals surface area contributed by atoms with Gasteiger partial charge in [0.25, 0.3) is 0 Å². The lowest BCUT2D eigenvalue weighted by Crippen LogP contribution is -2.62. The lowest BCUT2D eigenvalue weighted by molar-refractivity contribution is -0.138. The van der Waals surface area contributed by atoms with Crippen LogP contribution in [0.25, 0.3) is 0 Å². The summed E-state index contributed by atoms with van der Waals surface area (Å²) in [4.78, 5) is 42.6. The van der Waals surface area contributed by atoms with Gasteiger partial charge in [-0.2, -0.15) is 0 Å². The Balaban J connectivity index is 1.55. The number of nitrogens with one attached hydrogen (secondary N) is 2. The van der Waals surface area contributed by atoms with E-state index in [9.17, 15) is 14.4 Å². The van der Waals surface area contributed by atoms with E-state index >= 15 is 0 Å². The number of ether oxygens (including phenoxy) is 1. The van der Waals surface area contributed by atoms with Crippen LogP contribution in [-0.4, -0.2) is 84.6 Å². The second kappa shape index (κ2) is 10.2. The van der Waals surface area contributed by atoms with Crippen LogP contribution >= 0.6 is 23.2 Å². The standard InChI is InChI=1S/C20H25Cl2N5O4/c1-13(2)31-20(30)27-6-5-23-12-17(27)18(28)25-7-9-26(10-8-25)19(29)24-14-3-4-15(21)16(22)11-14/h3-4,11,17,23H,1,5-10,12H2,2H3,(H,24,29)/t17-/m1/s1. The molecule has 0 aliphatic carbocycles. The van der Waals surface area contributed by atoms with Gasteiger partial charge in [0, 0.05) is 51.5 Å². The number of halogens is 2. The summed E-state index contributed by atoms with van der Waals surface area (Å²) in [5.41, 5.74) is 0.540. The molecular formula is C20H25Cl2N5O4. The van der Waals surface area contributed by atoms with Crippen LogP contribution in [0.1, 0.15) is 6.92 Å². The molecule has 2 heterocycles. The summed E-state index contributed by atoms with van der Waals surface area (Å²) in [6.07, 6.45) is -0.577. The Morgan fingerprint density at radius 2 is 1.77 bits per heavy atom. The van der Waals surface area contributed by atoms with E-state index in [-0.39, 0.29) is 17.7 Å². The first-order valence-corrected chi connectivity index (χ1v) is 10.7. The highest BCUT2D eigenvalue weighted by molar-refractivity contribution is 6.42. The van der Waals surface area contributed by atoms with E-state index in [0.717, 1.165) is 0 Å². The molecule has 168 valence electrons. The van der Waals surface area contributed by atoms with Gasteiger partial charge < -0.3 is 25.2 Å². The molecule has 2 fully saturated rings. The van der Waals surface area contributed by atoms with Gasteiger partial charge in [0.05, 0.1) is 15.8 Å². The monoisotopic (exact) mass is 469 g/mol. The fourth-order valence-corrected chi connectivity index (χ4v) is 3.77. The van der Waals surface area contributed by atoms with Gasteiger partial charge in [-0.3, -0.25) is 9.69 Å². The van der Waals surface area contributed by atoms with E-state index in [1.807, 2.05) is 0 Å². The summed E-state index contributed by atoms with van der Waals surface area (Å²) in [6, 6.07) is 3.92. The maximum atomic E-state index is 13.1. The highest BCUT2D eigenvalue weighted by Crippen LogP contribution is 2.25. The van der Waals surface area contributed by atoms with E-state index in [1.54, 1.807) is 34.9 Å². The van der Waals surface area contributed by atoms with Gasteiger partial charge in [-0.05, 0) is 25.1 Å². The highest BCUT2D eigenvalue weighted by atomic mass is 35.5. The SMILES string of the molecule is C=C(C)OC(=O)N1CCNC[C@@H]1C(=O)N1CCN(C(=O)Nc2ccc(Cl)c(Cl)c2)CC1. The Kier molecular flexibility index (Phi) is 7.64. The van der Waals surface area contributed by atoms with Crippen molar-refractivity contribution in [1.29, 1.82) is 0 Å². The molecule has 9 nitrogen and oxygen atoms in total. The number of carbonyl (C=O) groups excluding carboxylic acids is 3. The van der Waals surface area contributed by atoms with Crippen LogP contribution in [0.2, 0.25) is 10.0 Å². The maximum Gasteiger partial charge on any atom is 0.415 e. The molecule has 1 atom stereocenters. The minimum absolute atomic E-state index is 0.171. The van der Waals surface area contributed by atoms with Crippen molar-refractivity contribution in [2.45, 2.75) is 13.0 Å². The number of anilines is 1. The molecule has 0 saturated carbocycles. The molecule has 31 heavy (non-hydrogen) atoms. The van der Waals surface area contributed by atoms with E-state index in [1.165, 1.54) is 4.90 Å². The third kappa shape index (κ3) is 5.81. The van der Waals surface area contributed by atoms with E-state index < -0.39 is 12.1 Å². The second-order valence-electron chi connectivity index (χ2n) is 7.35. The van der Waals surface area contributed by atoms with Crippen molar-refractivity contribution in [2.75, 3.05) is 51.1 Å². The molecular weight excluding hydrogens is 445 g/mol. The molecule has 4 amide bonds. The molecule has 11 heteroatoms. The molecule has 1 aromatic rings. The number of amides is 4. The topological polar surface area (TPSA) is 94.2 Å². The largest absolute Gasteiger partial charge is 0.416 e. The van der Waals surface area contributed by atoms with Crippen molar-refractivity contribution in [3.05, 3.63) is 40.6 Å². The Bertz CT molecular complexity index is 873. The molecule has 2 saturated heterocycles. The van der Waals surface area contributed by atoms with E-state index in [4.69, 9.17) is 27.9 Å². The van der Waals surface area contributed by atoms with Crippen LogP contribution in [0.3, 0.4) is 0 Å². The third-order valence-corrected chi connectivity index (χ3v) is 5.81. The predicted octanol–water partition coefficient (Wildman–Crippen LogP) is 2.61. The highest BCUT2D eigenvalue weighted by Gasteiger charge is 2.37. The molecule has 2 aliphatic heterocycles. The summed E-state index contributed by atoms with van der Waals surface area (Å²) in [5.74, 6) is 0.103. The molecule has 0 spiro atoms. The minimum atomic E-state index is -0.655. The number of hydrogen-bond acceptors (Lipinski definition) is 5. The Morgan fingerprint density at radius 1 is 1.10 bits per heavy atom. The quantitative estimate of drug-likeness (QED) is 0.663. The van der Waals surface area contributed by atoms with Crippen molar-refractivity contribution in [3.8, 4) is 0 Å². The number of allylic oxidation sites excluding steroid dienone is 1. The van der Waals surface area contributed by atoms with Gasteiger partial charge in [0.15, 0.2) is 0 Å². The molecule has 0 bridgehead atoms. The zero-order valence-corrected chi connectivity index (χ0v) is 18.7. The number of urea groups is 1. The first kappa shape index (κ1) is 23.2. The van der Waals surface area contributed by atoms with E-state index in [2.05, 4.69) is 17.2 Å². The summed E-state index contributed by atoms with van der Waals surface area (Å²) in [6.45, 7) is 7.94. The Labute approximate surface area is 190 Å². The average Bonchev–Trinajstić information content (AvgIpc) is 2.75. The van der Waals surface area contributed by atoms with Crippen molar-refractivity contribution < 1.29 is 19.1 Å². The molecule has 2 N–H and O–H groups in total. The normalized spacial score (nSPS) is 19.1. The fourth-order valence-electron chi connectivity index (χ4n) is 3.47. The van der Waals surface area contributed by atoms with Gasteiger partial charge in [-0.1, -0.05) is 29.8 Å². The summed E-state index contributed by atoms with van der Waals surface area (Å²) in [5, 5.41) is 6.68. The number of carbonyl (C=O) groups is 3. The van der Waals surface area contributed by atoms with Crippen molar-refractivity contribution in [3.63, 3.8) is 0 Å². The second-order valence-corrected chi connectivity index (χ2v) is 8.17. The predicted molar refractivity (Wildman–Crippen MR) is 118 cm³/mol. The number of piperazine rings is 2. The van der Waals surface area contributed by atoms with Gasteiger partial charge >= 0.3 is 12.1 Å². The Hall–Kier alpha value is -2.49. The summed E-state index contributed by atoms with van der Waals surface area (Å²) >= 11 is 11.9. The van der Waals surface area contributed by atoms with Crippen LogP contribution in [0.4, 0.5) is 15.3 Å². The molecule has 0 aromatic heterocycles. The summed E-state index contributed by atoms with van der Waals surface area (Å²) in [7, 11) is 0. The van der Waals surface area contributed by atoms with E-state index in [0.29, 0.717) is 61.5 Å². The maximum absolute atomic E-state index is 13.1. The van der Waals surface area contributed by atoms with Crippen molar-refractivity contribution >= 4 is 46.9 Å². The third-order valence-electron chi connectivity index (χ3n) is 5.07. The van der Waals surface area contributed by atoms with Gasteiger partial charge in [-0.15, -0.1) is 0 Å². The van der Waals surface area contributed by atoms with Crippen LogP contribution in [0.15, 0.2) is 30.5 Å². The number of nitrogens with zero attached hydrogens (tertiary/aromatic N) is 3. The van der Waals surface area contributed by atoms with Gasteiger partial charge in [-0.25, -0.2) is 9.59 Å². The molecule has 0 unspecified atom stereocenters. The molecule has 3 rings (SSSR count). The zero-order chi connectivity index (χ0) is 22.5. The fraction of sp³-hybridized carbons (Fsp3) is 0.450. The van der Waals surface area contributed by atoms with Crippen molar-refractivity contribution in [2.24, 2.45) is 0 Å². The van der Waals surface area contributed by atoms with Crippen molar-refractivity contribution in [1.82, 2.24) is 20.0 Å². The first-order chi connectivity index (χ1) is 14.8. The van der Waals surface area contributed by atoms with Gasteiger partial charge in [0.1, 0.15) is 6.04 Å². The number of benzene rings is 1. The summed E-state index contributed by atoms with van der Waals surface area (Å²) < 4.78 is 5.09. The van der Waals surface area contributed by atoms with Gasteiger partial charge in [0.2, 0.25) is 5.91 Å². The average molecular weight is 470 g/mol.